The van der Waals surface area contributed by atoms with Gasteiger partial charge in [-0.15, -0.1) is 0 Å². The van der Waals surface area contributed by atoms with Gasteiger partial charge >= 0.3 is 5.97 Å². The monoisotopic (exact) mass is 288 g/mol. The predicted molar refractivity (Wildman–Crippen MR) is 80.4 cm³/mol. The first kappa shape index (κ1) is 18.2. The summed E-state index contributed by atoms with van der Waals surface area (Å²) < 4.78 is 5.60. The summed E-state index contributed by atoms with van der Waals surface area (Å²) in [7, 11) is -0.672. The molecule has 19 heavy (non-hydrogen) atoms. The Labute approximate surface area is 119 Å². The van der Waals surface area contributed by atoms with Gasteiger partial charge in [-0.1, -0.05) is 32.5 Å². The Morgan fingerprint density at radius 2 is 1.47 bits per heavy atom. The van der Waals surface area contributed by atoms with Crippen LogP contribution in [0.25, 0.3) is 0 Å². The van der Waals surface area contributed by atoms with Gasteiger partial charge in [-0.25, -0.2) is 9.68 Å². The Kier molecular flexibility index (Phi) is 9.59. The molecule has 0 fully saturated rings. The summed E-state index contributed by atoms with van der Waals surface area (Å²) in [5, 5.41) is 0. The van der Waals surface area contributed by atoms with E-state index in [1.165, 1.54) is 0 Å². The quantitative estimate of drug-likeness (QED) is 0.367. The van der Waals surface area contributed by atoms with Crippen molar-refractivity contribution in [2.24, 2.45) is 0 Å². The Morgan fingerprint density at radius 1 is 1.05 bits per heavy atom. The number of nitrogens with one attached hydrogen (secondary N) is 2. The normalized spacial score (nSPS) is 16.7. The number of allylic oxidation sites excluding steroid dienone is 4. The van der Waals surface area contributed by atoms with Gasteiger partial charge in [0.15, 0.2) is 9.76 Å². The van der Waals surface area contributed by atoms with Gasteiger partial charge in [0, 0.05) is 18.3 Å². The second-order valence-corrected chi connectivity index (χ2v) is 5.16. The first-order valence-corrected chi connectivity index (χ1v) is 8.82. The van der Waals surface area contributed by atoms with E-state index in [4.69, 9.17) is 14.1 Å². The van der Waals surface area contributed by atoms with Gasteiger partial charge in [0.2, 0.25) is 0 Å². The van der Waals surface area contributed by atoms with Crippen molar-refractivity contribution in [2.45, 2.75) is 60.0 Å². The SMILES string of the molecule is CCC=C(C)NOC(C)(ONC(C)=CCC)O[SiH2]C. The zero-order valence-electron chi connectivity index (χ0n) is 13.0. The largest absolute Gasteiger partial charge is 0.374 e. The highest BCUT2D eigenvalue weighted by Crippen LogP contribution is 2.12. The van der Waals surface area contributed by atoms with Crippen LogP contribution in [0.5, 0.6) is 0 Å². The molecule has 0 radical (unpaired) electrons. The molecule has 0 bridgehead atoms. The van der Waals surface area contributed by atoms with Crippen molar-refractivity contribution in [2.75, 3.05) is 0 Å². The van der Waals surface area contributed by atoms with E-state index in [2.05, 4.69) is 24.8 Å². The van der Waals surface area contributed by atoms with E-state index >= 15 is 0 Å². The molecule has 0 atom stereocenters. The van der Waals surface area contributed by atoms with Gasteiger partial charge in [0.05, 0.1) is 0 Å². The molecule has 0 aliphatic heterocycles. The molecular weight excluding hydrogens is 260 g/mol. The van der Waals surface area contributed by atoms with Gasteiger partial charge < -0.3 is 4.43 Å². The van der Waals surface area contributed by atoms with Gasteiger partial charge in [-0.05, 0) is 26.7 Å². The van der Waals surface area contributed by atoms with Crippen LogP contribution in [0.15, 0.2) is 23.5 Å². The van der Waals surface area contributed by atoms with Crippen molar-refractivity contribution in [3.05, 3.63) is 23.5 Å². The van der Waals surface area contributed by atoms with Crippen LogP contribution < -0.4 is 11.0 Å². The van der Waals surface area contributed by atoms with E-state index in [0.717, 1.165) is 24.2 Å². The van der Waals surface area contributed by atoms with Crippen molar-refractivity contribution in [1.82, 2.24) is 11.0 Å². The van der Waals surface area contributed by atoms with Crippen LogP contribution in [0.4, 0.5) is 0 Å². The van der Waals surface area contributed by atoms with Crippen molar-refractivity contribution < 1.29 is 14.1 Å². The molecule has 0 aromatic rings. The summed E-state index contributed by atoms with van der Waals surface area (Å²) in [6, 6.07) is 0. The highest BCUT2D eigenvalue weighted by molar-refractivity contribution is 6.24. The van der Waals surface area contributed by atoms with Crippen LogP contribution in [-0.4, -0.2) is 15.7 Å². The Hall–Kier alpha value is -0.823. The molecule has 0 amide bonds. The van der Waals surface area contributed by atoms with Gasteiger partial charge in [0.25, 0.3) is 0 Å². The fraction of sp³-hybridized carbons (Fsp3) is 0.692. The highest BCUT2D eigenvalue weighted by Gasteiger charge is 2.28. The molecule has 0 saturated carbocycles. The maximum atomic E-state index is 5.60. The van der Waals surface area contributed by atoms with Crippen molar-refractivity contribution in [1.29, 1.82) is 0 Å². The van der Waals surface area contributed by atoms with E-state index in [1.54, 1.807) is 6.92 Å². The van der Waals surface area contributed by atoms with Crippen molar-refractivity contribution in [3.63, 3.8) is 0 Å². The molecule has 0 heterocycles. The van der Waals surface area contributed by atoms with Crippen LogP contribution >= 0.6 is 0 Å². The van der Waals surface area contributed by atoms with Crippen LogP contribution in [-0.2, 0) is 14.1 Å². The van der Waals surface area contributed by atoms with Crippen molar-refractivity contribution >= 4 is 9.76 Å². The minimum atomic E-state index is -1.13. The Morgan fingerprint density at radius 3 is 1.79 bits per heavy atom. The van der Waals surface area contributed by atoms with Gasteiger partial charge in [-0.2, -0.15) is 0 Å². The van der Waals surface area contributed by atoms with Crippen molar-refractivity contribution in [3.8, 4) is 0 Å². The lowest BCUT2D eigenvalue weighted by molar-refractivity contribution is -0.370. The second kappa shape index (κ2) is 10.0. The van der Waals surface area contributed by atoms with Crippen LogP contribution in [0, 0.1) is 0 Å². The number of hydrogen-bond acceptors (Lipinski definition) is 5. The molecule has 6 heteroatoms. The predicted octanol–water partition coefficient (Wildman–Crippen LogP) is 2.48. The van der Waals surface area contributed by atoms with Crippen LogP contribution in [0.3, 0.4) is 0 Å². The maximum absolute atomic E-state index is 5.60. The molecular formula is C13H28N2O3Si. The summed E-state index contributed by atoms with van der Waals surface area (Å²) in [6.45, 7) is 11.8. The van der Waals surface area contributed by atoms with E-state index in [0.29, 0.717) is 0 Å². The third-order valence-electron chi connectivity index (χ3n) is 2.22. The zero-order valence-corrected chi connectivity index (χ0v) is 14.4. The molecule has 0 aromatic heterocycles. The van der Waals surface area contributed by atoms with Gasteiger partial charge in [-0.3, -0.25) is 11.0 Å². The average Bonchev–Trinajstić information content (AvgIpc) is 2.36. The highest BCUT2D eigenvalue weighted by atomic mass is 28.2. The molecule has 0 aromatic carbocycles. The molecule has 0 unspecified atom stereocenters. The molecule has 0 rings (SSSR count). The summed E-state index contributed by atoms with van der Waals surface area (Å²) in [6.07, 6.45) is 5.94. The molecule has 0 aliphatic rings. The summed E-state index contributed by atoms with van der Waals surface area (Å²) in [5.41, 5.74) is 7.54. The molecule has 0 spiro atoms. The van der Waals surface area contributed by atoms with E-state index in [1.807, 2.05) is 32.5 Å². The Balaban J connectivity index is 4.40. The first-order chi connectivity index (χ1) is 8.97. The van der Waals surface area contributed by atoms with E-state index in [9.17, 15) is 0 Å². The summed E-state index contributed by atoms with van der Waals surface area (Å²) >= 11 is 0. The summed E-state index contributed by atoms with van der Waals surface area (Å²) in [5.74, 6) is -1.13. The molecule has 2 N–H and O–H groups in total. The Bertz CT molecular complexity index is 282. The molecule has 0 aliphatic carbocycles. The molecule has 112 valence electrons. The minimum absolute atomic E-state index is 0.672. The van der Waals surface area contributed by atoms with Gasteiger partial charge in [0.1, 0.15) is 0 Å². The number of hydrogen-bond donors (Lipinski definition) is 2. The lowest BCUT2D eigenvalue weighted by Crippen LogP contribution is -2.44. The number of hydroxylamine groups is 2. The maximum Gasteiger partial charge on any atom is 0.313 e. The van der Waals surface area contributed by atoms with Crippen LogP contribution in [0.2, 0.25) is 6.55 Å². The number of rotatable bonds is 10. The van der Waals surface area contributed by atoms with E-state index in [-0.39, 0.29) is 0 Å². The fourth-order valence-electron chi connectivity index (χ4n) is 1.38. The zero-order chi connectivity index (χ0) is 14.7. The molecule has 5 nitrogen and oxygen atoms in total. The topological polar surface area (TPSA) is 51.8 Å². The van der Waals surface area contributed by atoms with Crippen LogP contribution in [0.1, 0.15) is 47.5 Å². The minimum Gasteiger partial charge on any atom is -0.374 e. The lowest BCUT2D eigenvalue weighted by Gasteiger charge is -2.29. The molecule has 0 saturated heterocycles. The first-order valence-electron chi connectivity index (χ1n) is 6.82. The second-order valence-electron chi connectivity index (χ2n) is 4.29. The third kappa shape index (κ3) is 8.82. The van der Waals surface area contributed by atoms with E-state index < -0.39 is 15.7 Å². The third-order valence-corrected chi connectivity index (χ3v) is 3.04. The average molecular weight is 288 g/mol. The standard InChI is InChI=1S/C13H28N2O3Si/c1-7-9-11(3)14-16-13(5,18-19-6)17-15-12(4)10-8-2/h9-10,14-15H,7-8,19H2,1-6H3. The summed E-state index contributed by atoms with van der Waals surface area (Å²) in [4.78, 5) is 11.0. The smallest absolute Gasteiger partial charge is 0.313 e. The lowest BCUT2D eigenvalue weighted by atomic mass is 10.4. The fourth-order valence-corrected chi connectivity index (χ4v) is 2.03.